The lowest BCUT2D eigenvalue weighted by atomic mass is 10.1. The lowest BCUT2D eigenvalue weighted by molar-refractivity contribution is 0.246. The lowest BCUT2D eigenvalue weighted by Crippen LogP contribution is -2.33. The number of hydrogen-bond acceptors (Lipinski definition) is 3. The number of allylic oxidation sites excluding steroid dienone is 1. The summed E-state index contributed by atoms with van der Waals surface area (Å²) in [6.45, 7) is 5.16. The van der Waals surface area contributed by atoms with Crippen molar-refractivity contribution in [2.75, 3.05) is 19.6 Å². The molecule has 0 radical (unpaired) electrons. The molecular formula is C10H18N2S. The topological polar surface area (TPSA) is 29.3 Å². The summed E-state index contributed by atoms with van der Waals surface area (Å²) in [6.07, 6.45) is 5.88. The minimum Gasteiger partial charge on any atom is -0.401 e. The first-order valence-corrected chi connectivity index (χ1v) is 5.28. The van der Waals surface area contributed by atoms with E-state index in [2.05, 4.69) is 4.90 Å². The SMILES string of the molecule is CC(=S)/C=C(\N)CN1CCCCC1. The highest BCUT2D eigenvalue weighted by atomic mass is 32.1. The Morgan fingerprint density at radius 1 is 1.38 bits per heavy atom. The highest BCUT2D eigenvalue weighted by Gasteiger charge is 2.09. The molecule has 0 aromatic carbocycles. The Bertz CT molecular complexity index is 205. The fraction of sp³-hybridized carbons (Fsp3) is 0.700. The van der Waals surface area contributed by atoms with Gasteiger partial charge in [-0.2, -0.15) is 0 Å². The number of hydrogen-bond donors (Lipinski definition) is 1. The van der Waals surface area contributed by atoms with Gasteiger partial charge in [-0.3, -0.25) is 4.90 Å². The Kier molecular flexibility index (Phi) is 4.39. The van der Waals surface area contributed by atoms with Gasteiger partial charge in [0.25, 0.3) is 0 Å². The molecule has 2 N–H and O–H groups in total. The maximum atomic E-state index is 5.84. The number of nitrogens with two attached hydrogens (primary N) is 1. The van der Waals surface area contributed by atoms with Gasteiger partial charge in [-0.15, -0.1) is 0 Å². The van der Waals surface area contributed by atoms with Crippen molar-refractivity contribution >= 4 is 17.1 Å². The summed E-state index contributed by atoms with van der Waals surface area (Å²) < 4.78 is 0. The molecule has 0 aliphatic carbocycles. The van der Waals surface area contributed by atoms with Crippen LogP contribution in [0.15, 0.2) is 11.8 Å². The Labute approximate surface area is 85.8 Å². The van der Waals surface area contributed by atoms with E-state index in [1.807, 2.05) is 13.0 Å². The van der Waals surface area contributed by atoms with Crippen LogP contribution >= 0.6 is 12.2 Å². The summed E-state index contributed by atoms with van der Waals surface area (Å²) in [5.41, 5.74) is 6.74. The van der Waals surface area contributed by atoms with Crippen molar-refractivity contribution in [3.05, 3.63) is 11.8 Å². The smallest absolute Gasteiger partial charge is 0.0380 e. The van der Waals surface area contributed by atoms with Crippen LogP contribution in [0, 0.1) is 0 Å². The van der Waals surface area contributed by atoms with Crippen LogP contribution in [0.1, 0.15) is 26.2 Å². The lowest BCUT2D eigenvalue weighted by Gasteiger charge is -2.26. The highest BCUT2D eigenvalue weighted by Crippen LogP contribution is 2.09. The Morgan fingerprint density at radius 2 is 2.00 bits per heavy atom. The van der Waals surface area contributed by atoms with Gasteiger partial charge in [0.15, 0.2) is 0 Å². The van der Waals surface area contributed by atoms with E-state index in [1.165, 1.54) is 32.4 Å². The van der Waals surface area contributed by atoms with Crippen molar-refractivity contribution in [2.24, 2.45) is 5.73 Å². The van der Waals surface area contributed by atoms with E-state index in [0.717, 1.165) is 17.1 Å². The van der Waals surface area contributed by atoms with Crippen LogP contribution in [0.2, 0.25) is 0 Å². The van der Waals surface area contributed by atoms with Gasteiger partial charge in [0.2, 0.25) is 0 Å². The summed E-state index contributed by atoms with van der Waals surface area (Å²) in [5, 5.41) is 0. The van der Waals surface area contributed by atoms with Crippen molar-refractivity contribution in [3.8, 4) is 0 Å². The van der Waals surface area contributed by atoms with Gasteiger partial charge < -0.3 is 5.73 Å². The van der Waals surface area contributed by atoms with Crippen LogP contribution in [0.3, 0.4) is 0 Å². The third-order valence-corrected chi connectivity index (χ3v) is 2.36. The molecule has 0 spiro atoms. The van der Waals surface area contributed by atoms with E-state index in [0.29, 0.717) is 0 Å². The van der Waals surface area contributed by atoms with Gasteiger partial charge in [0.1, 0.15) is 0 Å². The van der Waals surface area contributed by atoms with Crippen LogP contribution < -0.4 is 5.73 Å². The molecule has 3 heteroatoms. The number of rotatable bonds is 3. The predicted molar refractivity (Wildman–Crippen MR) is 60.8 cm³/mol. The Morgan fingerprint density at radius 3 is 2.54 bits per heavy atom. The number of nitrogens with zero attached hydrogens (tertiary/aromatic N) is 1. The third-order valence-electron chi connectivity index (χ3n) is 2.24. The fourth-order valence-corrected chi connectivity index (χ4v) is 1.83. The molecular weight excluding hydrogens is 180 g/mol. The van der Waals surface area contributed by atoms with Crippen LogP contribution in [0.4, 0.5) is 0 Å². The molecule has 1 heterocycles. The Balaban J connectivity index is 2.33. The molecule has 0 atom stereocenters. The second-order valence-corrected chi connectivity index (χ2v) is 4.31. The average Bonchev–Trinajstić information content (AvgIpc) is 2.04. The maximum absolute atomic E-state index is 5.84. The van der Waals surface area contributed by atoms with Crippen LogP contribution in [-0.4, -0.2) is 29.4 Å². The van der Waals surface area contributed by atoms with Crippen molar-refractivity contribution in [1.29, 1.82) is 0 Å². The molecule has 1 saturated heterocycles. The second-order valence-electron chi connectivity index (χ2n) is 3.67. The minimum absolute atomic E-state index is 0.870. The third kappa shape index (κ3) is 4.39. The molecule has 1 rings (SSSR count). The molecule has 13 heavy (non-hydrogen) atoms. The first-order valence-electron chi connectivity index (χ1n) is 4.87. The van der Waals surface area contributed by atoms with Gasteiger partial charge >= 0.3 is 0 Å². The van der Waals surface area contributed by atoms with Crippen LogP contribution in [0.5, 0.6) is 0 Å². The number of piperidine rings is 1. The molecule has 1 aliphatic rings. The van der Waals surface area contributed by atoms with Gasteiger partial charge in [0.05, 0.1) is 0 Å². The van der Waals surface area contributed by atoms with Crippen LogP contribution in [-0.2, 0) is 0 Å². The van der Waals surface area contributed by atoms with Gasteiger partial charge in [-0.05, 0) is 38.9 Å². The van der Waals surface area contributed by atoms with Gasteiger partial charge in [0, 0.05) is 17.1 Å². The first-order chi connectivity index (χ1) is 6.18. The van der Waals surface area contributed by atoms with E-state index >= 15 is 0 Å². The summed E-state index contributed by atoms with van der Waals surface area (Å²) in [5.74, 6) is 0. The molecule has 0 bridgehead atoms. The zero-order valence-electron chi connectivity index (χ0n) is 8.25. The maximum Gasteiger partial charge on any atom is 0.0380 e. The van der Waals surface area contributed by atoms with Gasteiger partial charge in [-0.25, -0.2) is 0 Å². The van der Waals surface area contributed by atoms with E-state index in [-0.39, 0.29) is 0 Å². The van der Waals surface area contributed by atoms with Crippen molar-refractivity contribution < 1.29 is 0 Å². The monoisotopic (exact) mass is 198 g/mol. The van der Waals surface area contributed by atoms with Gasteiger partial charge in [-0.1, -0.05) is 18.6 Å². The largest absolute Gasteiger partial charge is 0.401 e. The molecule has 74 valence electrons. The summed E-state index contributed by atoms with van der Waals surface area (Å²) in [6, 6.07) is 0. The van der Waals surface area contributed by atoms with Crippen LogP contribution in [0.25, 0.3) is 0 Å². The second kappa shape index (κ2) is 5.35. The molecule has 2 nitrogen and oxygen atoms in total. The van der Waals surface area contributed by atoms with E-state index in [9.17, 15) is 0 Å². The first kappa shape index (κ1) is 10.7. The van der Waals surface area contributed by atoms with E-state index in [1.54, 1.807) is 0 Å². The molecule has 1 fully saturated rings. The minimum atomic E-state index is 0.870. The molecule has 0 unspecified atom stereocenters. The molecule has 0 aromatic rings. The summed E-state index contributed by atoms with van der Waals surface area (Å²) in [4.78, 5) is 3.27. The van der Waals surface area contributed by atoms with E-state index < -0.39 is 0 Å². The normalized spacial score (nSPS) is 20.2. The zero-order valence-corrected chi connectivity index (χ0v) is 9.07. The summed E-state index contributed by atoms with van der Waals surface area (Å²) in [7, 11) is 0. The molecule has 0 amide bonds. The quantitative estimate of drug-likeness (QED) is 0.553. The molecule has 1 aliphatic heterocycles. The number of likely N-dealkylation sites (tertiary alicyclic amines) is 1. The molecule has 0 saturated carbocycles. The standard InChI is InChI=1S/C10H18N2S/c1-9(13)7-10(11)8-12-5-3-2-4-6-12/h7H,2-6,8,11H2,1H3/b10-7-. The Hall–Kier alpha value is -0.410. The average molecular weight is 198 g/mol. The number of thiocarbonyl (C=S) groups is 1. The summed E-state index contributed by atoms with van der Waals surface area (Å²) >= 11 is 4.96. The van der Waals surface area contributed by atoms with Crippen molar-refractivity contribution in [1.82, 2.24) is 4.90 Å². The predicted octanol–water partition coefficient (Wildman–Crippen LogP) is 1.70. The van der Waals surface area contributed by atoms with Crippen molar-refractivity contribution in [3.63, 3.8) is 0 Å². The zero-order chi connectivity index (χ0) is 9.68. The highest BCUT2D eigenvalue weighted by molar-refractivity contribution is 7.80. The fourth-order valence-electron chi connectivity index (χ4n) is 1.68. The van der Waals surface area contributed by atoms with E-state index in [4.69, 9.17) is 18.0 Å². The van der Waals surface area contributed by atoms with Crippen molar-refractivity contribution in [2.45, 2.75) is 26.2 Å². The molecule has 0 aromatic heterocycles.